The first-order chi connectivity index (χ1) is 10.6. The van der Waals surface area contributed by atoms with Gasteiger partial charge in [0.1, 0.15) is 5.56 Å². The van der Waals surface area contributed by atoms with Gasteiger partial charge in [0.15, 0.2) is 0 Å². The number of amides is 1. The molecule has 0 unspecified atom stereocenters. The lowest BCUT2D eigenvalue weighted by atomic mass is 10.1. The molecule has 1 amide bonds. The molecule has 0 atom stereocenters. The number of aliphatic carboxylic acids is 1. The van der Waals surface area contributed by atoms with Crippen LogP contribution in [0, 0.1) is 15.5 Å². The fourth-order valence-electron chi connectivity index (χ4n) is 2.01. The van der Waals surface area contributed by atoms with Crippen LogP contribution in [0.25, 0.3) is 0 Å². The third-order valence-corrected chi connectivity index (χ3v) is 3.66. The molecular formula is C13H11F3N2O5. The number of nitro benzene ring substituents is 1. The first-order valence-corrected chi connectivity index (χ1v) is 6.44. The lowest BCUT2D eigenvalue weighted by molar-refractivity contribution is -0.385. The summed E-state index contributed by atoms with van der Waals surface area (Å²) in [6, 6.07) is 1.54. The molecule has 0 radical (unpaired) electrons. The van der Waals surface area contributed by atoms with Gasteiger partial charge in [0.2, 0.25) is 0 Å². The lowest BCUT2D eigenvalue weighted by Crippen LogP contribution is -2.34. The Morgan fingerprint density at radius 1 is 1.35 bits per heavy atom. The maximum absolute atomic E-state index is 12.6. The fraction of sp³-hybridized carbons (Fsp3) is 0.385. The SMILES string of the molecule is O=C(NCC1(C(=O)O)CC1)c1ccc(C(F)(F)F)cc1[N+](=O)[O-]. The molecule has 7 nitrogen and oxygen atoms in total. The van der Waals surface area contributed by atoms with Crippen LogP contribution < -0.4 is 5.32 Å². The summed E-state index contributed by atoms with van der Waals surface area (Å²) in [6.07, 6.45) is -4.06. The number of carboxylic acids is 1. The van der Waals surface area contributed by atoms with Crippen molar-refractivity contribution >= 4 is 17.6 Å². The number of halogens is 3. The van der Waals surface area contributed by atoms with Crippen LogP contribution in [0.15, 0.2) is 18.2 Å². The second kappa shape index (κ2) is 5.52. The van der Waals surface area contributed by atoms with Gasteiger partial charge in [0, 0.05) is 12.6 Å². The van der Waals surface area contributed by atoms with Crippen LogP contribution >= 0.6 is 0 Å². The first kappa shape index (κ1) is 16.7. The van der Waals surface area contributed by atoms with Crippen LogP contribution in [0.2, 0.25) is 0 Å². The number of alkyl halides is 3. The van der Waals surface area contributed by atoms with Crippen molar-refractivity contribution in [1.82, 2.24) is 5.32 Å². The van der Waals surface area contributed by atoms with Gasteiger partial charge < -0.3 is 10.4 Å². The minimum absolute atomic E-state index is 0.237. The van der Waals surface area contributed by atoms with Gasteiger partial charge in [-0.05, 0) is 25.0 Å². The summed E-state index contributed by atoms with van der Waals surface area (Å²) < 4.78 is 37.7. The van der Waals surface area contributed by atoms with Crippen molar-refractivity contribution in [2.24, 2.45) is 5.41 Å². The molecule has 23 heavy (non-hydrogen) atoms. The smallest absolute Gasteiger partial charge is 0.416 e. The van der Waals surface area contributed by atoms with E-state index in [9.17, 15) is 32.9 Å². The number of carbonyl (C=O) groups excluding carboxylic acids is 1. The normalized spacial score (nSPS) is 15.8. The summed E-state index contributed by atoms with van der Waals surface area (Å²) in [6.45, 7) is -0.237. The van der Waals surface area contributed by atoms with Gasteiger partial charge in [0.05, 0.1) is 15.9 Å². The highest BCUT2D eigenvalue weighted by Crippen LogP contribution is 2.45. The van der Waals surface area contributed by atoms with Crippen molar-refractivity contribution < 1.29 is 32.8 Å². The molecule has 0 bridgehead atoms. The summed E-state index contributed by atoms with van der Waals surface area (Å²) >= 11 is 0. The number of nitrogens with one attached hydrogen (secondary N) is 1. The average Bonchev–Trinajstić information content (AvgIpc) is 3.24. The summed E-state index contributed by atoms with van der Waals surface area (Å²) in [5, 5.41) is 22.1. The molecule has 1 fully saturated rings. The number of benzene rings is 1. The molecule has 1 aromatic rings. The molecule has 0 aromatic heterocycles. The van der Waals surface area contributed by atoms with E-state index in [1.807, 2.05) is 0 Å². The van der Waals surface area contributed by atoms with E-state index >= 15 is 0 Å². The number of nitro groups is 1. The van der Waals surface area contributed by atoms with Crippen LogP contribution in [-0.2, 0) is 11.0 Å². The Balaban J connectivity index is 2.23. The van der Waals surface area contributed by atoms with Gasteiger partial charge in [-0.2, -0.15) is 13.2 Å². The Morgan fingerprint density at radius 3 is 2.39 bits per heavy atom. The zero-order chi connectivity index (χ0) is 17.4. The Labute approximate surface area is 127 Å². The van der Waals surface area contributed by atoms with Gasteiger partial charge in [-0.1, -0.05) is 0 Å². The minimum Gasteiger partial charge on any atom is -0.481 e. The van der Waals surface area contributed by atoms with E-state index < -0.39 is 45.2 Å². The monoisotopic (exact) mass is 332 g/mol. The Morgan fingerprint density at radius 2 is 1.96 bits per heavy atom. The van der Waals surface area contributed by atoms with Crippen molar-refractivity contribution in [2.45, 2.75) is 19.0 Å². The maximum atomic E-state index is 12.6. The number of hydrogen-bond acceptors (Lipinski definition) is 4. The zero-order valence-corrected chi connectivity index (χ0v) is 11.5. The zero-order valence-electron chi connectivity index (χ0n) is 11.5. The highest BCUT2D eigenvalue weighted by atomic mass is 19.4. The van der Waals surface area contributed by atoms with Crippen molar-refractivity contribution in [3.63, 3.8) is 0 Å². The largest absolute Gasteiger partial charge is 0.481 e. The van der Waals surface area contributed by atoms with Crippen LogP contribution in [0.1, 0.15) is 28.8 Å². The number of nitrogens with zero attached hydrogens (tertiary/aromatic N) is 1. The molecule has 1 aromatic carbocycles. The van der Waals surface area contributed by atoms with Gasteiger partial charge in [-0.3, -0.25) is 19.7 Å². The molecule has 0 heterocycles. The molecule has 2 N–H and O–H groups in total. The van der Waals surface area contributed by atoms with Crippen LogP contribution in [0.5, 0.6) is 0 Å². The maximum Gasteiger partial charge on any atom is 0.416 e. The van der Waals surface area contributed by atoms with Crippen LogP contribution in [0.4, 0.5) is 18.9 Å². The van der Waals surface area contributed by atoms with Gasteiger partial charge in [-0.25, -0.2) is 0 Å². The molecule has 2 rings (SSSR count). The van der Waals surface area contributed by atoms with Crippen molar-refractivity contribution in [2.75, 3.05) is 6.54 Å². The molecule has 1 aliphatic rings. The highest BCUT2D eigenvalue weighted by molar-refractivity contribution is 5.98. The molecule has 10 heteroatoms. The number of carboxylic acid groups (broad SMARTS) is 1. The Bertz CT molecular complexity index is 683. The lowest BCUT2D eigenvalue weighted by Gasteiger charge is -2.12. The van der Waals surface area contributed by atoms with E-state index in [0.717, 1.165) is 0 Å². The number of hydrogen-bond donors (Lipinski definition) is 2. The topological polar surface area (TPSA) is 110 Å². The van der Waals surface area contributed by atoms with E-state index in [1.54, 1.807) is 0 Å². The quantitative estimate of drug-likeness (QED) is 0.634. The fourth-order valence-corrected chi connectivity index (χ4v) is 2.01. The molecule has 1 saturated carbocycles. The molecule has 1 aliphatic carbocycles. The average molecular weight is 332 g/mol. The van der Waals surface area contributed by atoms with Crippen molar-refractivity contribution in [3.05, 3.63) is 39.4 Å². The third-order valence-electron chi connectivity index (χ3n) is 3.66. The second-order valence-corrected chi connectivity index (χ2v) is 5.25. The van der Waals surface area contributed by atoms with E-state index in [4.69, 9.17) is 5.11 Å². The first-order valence-electron chi connectivity index (χ1n) is 6.44. The highest BCUT2D eigenvalue weighted by Gasteiger charge is 2.50. The summed E-state index contributed by atoms with van der Waals surface area (Å²) in [4.78, 5) is 32.7. The van der Waals surface area contributed by atoms with E-state index in [-0.39, 0.29) is 12.6 Å². The number of carbonyl (C=O) groups is 2. The van der Waals surface area contributed by atoms with Crippen molar-refractivity contribution in [1.29, 1.82) is 0 Å². The third kappa shape index (κ3) is 3.41. The molecule has 0 spiro atoms. The van der Waals surface area contributed by atoms with Crippen molar-refractivity contribution in [3.8, 4) is 0 Å². The predicted octanol–water partition coefficient (Wildman–Crippen LogP) is 2.21. The minimum atomic E-state index is -4.78. The predicted molar refractivity (Wildman–Crippen MR) is 69.7 cm³/mol. The van der Waals surface area contributed by atoms with E-state index in [1.165, 1.54) is 0 Å². The molecule has 124 valence electrons. The molecular weight excluding hydrogens is 321 g/mol. The van der Waals surface area contributed by atoms with Crippen LogP contribution in [0.3, 0.4) is 0 Å². The molecule has 0 aliphatic heterocycles. The number of rotatable bonds is 5. The summed E-state index contributed by atoms with van der Waals surface area (Å²) in [5.41, 5.74) is -3.87. The van der Waals surface area contributed by atoms with Gasteiger partial charge in [-0.15, -0.1) is 0 Å². The Kier molecular flexibility index (Phi) is 4.01. The van der Waals surface area contributed by atoms with E-state index in [2.05, 4.69) is 5.32 Å². The Hall–Kier alpha value is -2.65. The van der Waals surface area contributed by atoms with E-state index in [0.29, 0.717) is 25.0 Å². The summed E-state index contributed by atoms with van der Waals surface area (Å²) in [7, 11) is 0. The summed E-state index contributed by atoms with van der Waals surface area (Å²) in [5.74, 6) is -2.09. The second-order valence-electron chi connectivity index (χ2n) is 5.25. The van der Waals surface area contributed by atoms with Gasteiger partial charge in [0.25, 0.3) is 11.6 Å². The standard InChI is InChI=1S/C13H11F3N2O5/c14-13(15,16)7-1-2-8(9(5-7)18(22)23)10(19)17-6-12(3-4-12)11(20)21/h1-2,5H,3-4,6H2,(H,17,19)(H,20,21). The van der Waals surface area contributed by atoms with Gasteiger partial charge >= 0.3 is 12.1 Å². The van der Waals surface area contributed by atoms with Crippen LogP contribution in [-0.4, -0.2) is 28.5 Å². The molecule has 0 saturated heterocycles.